The van der Waals surface area contributed by atoms with Gasteiger partial charge in [0.05, 0.1) is 6.04 Å². The van der Waals surface area contributed by atoms with E-state index in [9.17, 15) is 4.79 Å². The molecule has 4 nitrogen and oxygen atoms in total. The molecule has 1 saturated heterocycles. The Morgan fingerprint density at radius 1 is 1.47 bits per heavy atom. The molecule has 4 heteroatoms. The normalized spacial score (nSPS) is 23.4. The summed E-state index contributed by atoms with van der Waals surface area (Å²) in [6.07, 6.45) is 6.25. The molecule has 0 aromatic heterocycles. The largest absolute Gasteiger partial charge is 0.355 e. The maximum atomic E-state index is 11.2. The van der Waals surface area contributed by atoms with E-state index in [-0.39, 0.29) is 5.91 Å². The molecule has 1 amide bonds. The number of likely N-dealkylation sites (tertiary alicyclic amines) is 1. The summed E-state index contributed by atoms with van der Waals surface area (Å²) in [5.74, 6) is -0.0451. The highest BCUT2D eigenvalue weighted by molar-refractivity contribution is 5.80. The van der Waals surface area contributed by atoms with Gasteiger partial charge in [-0.25, -0.2) is 0 Å². The topological polar surface area (TPSA) is 58.4 Å². The SMILES string of the molecule is CC(N)C(=O)NCCCCN1CCCCC1C. The van der Waals surface area contributed by atoms with E-state index in [0.29, 0.717) is 0 Å². The van der Waals surface area contributed by atoms with Crippen LogP contribution in [0, 0.1) is 0 Å². The number of unbranched alkanes of at least 4 members (excludes halogenated alkanes) is 1. The van der Waals surface area contributed by atoms with Gasteiger partial charge in [-0.2, -0.15) is 0 Å². The van der Waals surface area contributed by atoms with E-state index in [2.05, 4.69) is 17.1 Å². The van der Waals surface area contributed by atoms with Crippen LogP contribution in [-0.2, 0) is 4.79 Å². The van der Waals surface area contributed by atoms with E-state index in [1.165, 1.54) is 25.8 Å². The third-order valence-corrected chi connectivity index (χ3v) is 3.53. The molecular formula is C13H27N3O. The lowest BCUT2D eigenvalue weighted by atomic mass is 10.0. The van der Waals surface area contributed by atoms with Crippen LogP contribution in [0.2, 0.25) is 0 Å². The minimum absolute atomic E-state index is 0.0451. The first-order valence-electron chi connectivity index (χ1n) is 6.88. The number of rotatable bonds is 6. The number of hydrogen-bond acceptors (Lipinski definition) is 3. The Morgan fingerprint density at radius 3 is 2.88 bits per heavy atom. The van der Waals surface area contributed by atoms with Crippen molar-refractivity contribution >= 4 is 5.91 Å². The standard InChI is InChI=1S/C13H27N3O/c1-11-7-3-5-9-16(11)10-6-4-8-15-13(17)12(2)14/h11-12H,3-10,14H2,1-2H3,(H,15,17). The van der Waals surface area contributed by atoms with Crippen LogP contribution in [0.25, 0.3) is 0 Å². The lowest BCUT2D eigenvalue weighted by molar-refractivity contribution is -0.121. The Kier molecular flexibility index (Phi) is 6.52. The van der Waals surface area contributed by atoms with Crippen LogP contribution in [-0.4, -0.2) is 42.5 Å². The van der Waals surface area contributed by atoms with E-state index in [1.54, 1.807) is 6.92 Å². The molecule has 0 aromatic rings. The van der Waals surface area contributed by atoms with Crippen molar-refractivity contribution in [1.29, 1.82) is 0 Å². The zero-order valence-electron chi connectivity index (χ0n) is 11.2. The average molecular weight is 241 g/mol. The summed E-state index contributed by atoms with van der Waals surface area (Å²) < 4.78 is 0. The Balaban J connectivity index is 2.02. The Hall–Kier alpha value is -0.610. The second-order valence-electron chi connectivity index (χ2n) is 5.17. The van der Waals surface area contributed by atoms with E-state index >= 15 is 0 Å². The summed E-state index contributed by atoms with van der Waals surface area (Å²) in [6, 6.07) is 0.347. The van der Waals surface area contributed by atoms with Gasteiger partial charge in [0.15, 0.2) is 0 Å². The van der Waals surface area contributed by atoms with Crippen molar-refractivity contribution in [1.82, 2.24) is 10.2 Å². The zero-order chi connectivity index (χ0) is 12.7. The van der Waals surface area contributed by atoms with Gasteiger partial charge in [-0.15, -0.1) is 0 Å². The van der Waals surface area contributed by atoms with Crippen LogP contribution < -0.4 is 11.1 Å². The Bertz CT molecular complexity index is 231. The van der Waals surface area contributed by atoms with Crippen molar-refractivity contribution in [2.24, 2.45) is 5.73 Å². The second-order valence-corrected chi connectivity index (χ2v) is 5.17. The Morgan fingerprint density at radius 2 is 2.24 bits per heavy atom. The molecule has 1 fully saturated rings. The van der Waals surface area contributed by atoms with Crippen molar-refractivity contribution in [2.45, 2.75) is 58.0 Å². The molecule has 0 radical (unpaired) electrons. The molecule has 0 spiro atoms. The summed E-state index contributed by atoms with van der Waals surface area (Å²) in [6.45, 7) is 7.19. The van der Waals surface area contributed by atoms with Gasteiger partial charge in [0.1, 0.15) is 0 Å². The number of nitrogens with two attached hydrogens (primary N) is 1. The number of nitrogens with one attached hydrogen (secondary N) is 1. The molecule has 0 bridgehead atoms. The second kappa shape index (κ2) is 7.67. The van der Waals surface area contributed by atoms with Gasteiger partial charge in [-0.3, -0.25) is 4.79 Å². The number of hydrogen-bond donors (Lipinski definition) is 2. The fraction of sp³-hybridized carbons (Fsp3) is 0.923. The minimum atomic E-state index is -0.392. The van der Waals surface area contributed by atoms with Gasteiger partial charge in [0.25, 0.3) is 0 Å². The van der Waals surface area contributed by atoms with Gasteiger partial charge in [0, 0.05) is 12.6 Å². The highest BCUT2D eigenvalue weighted by atomic mass is 16.2. The predicted molar refractivity (Wildman–Crippen MR) is 70.8 cm³/mol. The molecule has 3 N–H and O–H groups in total. The van der Waals surface area contributed by atoms with Crippen molar-refractivity contribution in [3.8, 4) is 0 Å². The summed E-state index contributed by atoms with van der Waals surface area (Å²) in [4.78, 5) is 13.8. The van der Waals surface area contributed by atoms with Crippen molar-refractivity contribution in [3.05, 3.63) is 0 Å². The summed E-state index contributed by atoms with van der Waals surface area (Å²) in [5.41, 5.74) is 5.47. The number of carbonyl (C=O) groups is 1. The smallest absolute Gasteiger partial charge is 0.236 e. The van der Waals surface area contributed by atoms with Crippen molar-refractivity contribution < 1.29 is 4.79 Å². The number of amides is 1. The van der Waals surface area contributed by atoms with Crippen LogP contribution >= 0.6 is 0 Å². The molecule has 1 rings (SSSR count). The lowest BCUT2D eigenvalue weighted by Gasteiger charge is -2.33. The predicted octanol–water partition coefficient (Wildman–Crippen LogP) is 1.10. The van der Waals surface area contributed by atoms with Crippen LogP contribution in [0.3, 0.4) is 0 Å². The molecule has 17 heavy (non-hydrogen) atoms. The maximum absolute atomic E-state index is 11.2. The molecule has 0 aromatic carbocycles. The molecule has 0 saturated carbocycles. The lowest BCUT2D eigenvalue weighted by Crippen LogP contribution is -2.40. The maximum Gasteiger partial charge on any atom is 0.236 e. The highest BCUT2D eigenvalue weighted by Crippen LogP contribution is 2.16. The molecule has 0 aliphatic carbocycles. The molecule has 1 aliphatic rings. The molecule has 100 valence electrons. The average Bonchev–Trinajstić information content (AvgIpc) is 2.30. The first kappa shape index (κ1) is 14.5. The van der Waals surface area contributed by atoms with Crippen molar-refractivity contribution in [2.75, 3.05) is 19.6 Å². The summed E-state index contributed by atoms with van der Waals surface area (Å²) in [5, 5.41) is 2.85. The van der Waals surface area contributed by atoms with E-state index < -0.39 is 6.04 Å². The van der Waals surface area contributed by atoms with E-state index in [4.69, 9.17) is 5.73 Å². The summed E-state index contributed by atoms with van der Waals surface area (Å²) >= 11 is 0. The van der Waals surface area contributed by atoms with Crippen LogP contribution in [0.1, 0.15) is 46.0 Å². The third-order valence-electron chi connectivity index (χ3n) is 3.53. The zero-order valence-corrected chi connectivity index (χ0v) is 11.2. The molecule has 1 aliphatic heterocycles. The van der Waals surface area contributed by atoms with Gasteiger partial charge in [0.2, 0.25) is 5.91 Å². The fourth-order valence-corrected chi connectivity index (χ4v) is 2.30. The van der Waals surface area contributed by atoms with Gasteiger partial charge in [-0.1, -0.05) is 6.42 Å². The van der Waals surface area contributed by atoms with Gasteiger partial charge in [-0.05, 0) is 52.6 Å². The number of carbonyl (C=O) groups excluding carboxylic acids is 1. The number of nitrogens with zero attached hydrogens (tertiary/aromatic N) is 1. The molecule has 2 unspecified atom stereocenters. The van der Waals surface area contributed by atoms with Crippen LogP contribution in [0.4, 0.5) is 0 Å². The minimum Gasteiger partial charge on any atom is -0.355 e. The quantitative estimate of drug-likeness (QED) is 0.685. The monoisotopic (exact) mass is 241 g/mol. The van der Waals surface area contributed by atoms with Crippen LogP contribution in [0.15, 0.2) is 0 Å². The summed E-state index contributed by atoms with van der Waals surface area (Å²) in [7, 11) is 0. The Labute approximate surface area is 105 Å². The highest BCUT2D eigenvalue weighted by Gasteiger charge is 2.17. The fourth-order valence-electron chi connectivity index (χ4n) is 2.30. The molecular weight excluding hydrogens is 214 g/mol. The van der Waals surface area contributed by atoms with E-state index in [1.807, 2.05) is 0 Å². The molecule has 2 atom stereocenters. The van der Waals surface area contributed by atoms with E-state index in [0.717, 1.165) is 32.0 Å². The third kappa shape index (κ3) is 5.50. The molecule has 1 heterocycles. The van der Waals surface area contributed by atoms with Gasteiger partial charge < -0.3 is 16.0 Å². The number of piperidine rings is 1. The van der Waals surface area contributed by atoms with Crippen molar-refractivity contribution in [3.63, 3.8) is 0 Å². The first-order chi connectivity index (χ1) is 8.11. The van der Waals surface area contributed by atoms with Crippen LogP contribution in [0.5, 0.6) is 0 Å². The first-order valence-corrected chi connectivity index (χ1v) is 6.88. The van der Waals surface area contributed by atoms with Gasteiger partial charge >= 0.3 is 0 Å².